The van der Waals surface area contributed by atoms with Crippen LogP contribution in [0.25, 0.3) is 16.9 Å². The quantitative estimate of drug-likeness (QED) is 0.337. The zero-order valence-corrected chi connectivity index (χ0v) is 19.1. The lowest BCUT2D eigenvalue weighted by atomic mass is 10.1. The lowest BCUT2D eigenvalue weighted by Crippen LogP contribution is -2.12. The predicted octanol–water partition coefficient (Wildman–Crippen LogP) is 2.54. The number of H-pyrrole nitrogens is 1. The monoisotopic (exact) mass is 514 g/mol. The number of fused-ring (bicyclic) bond motifs is 1. The highest BCUT2D eigenvalue weighted by Gasteiger charge is 2.25. The van der Waals surface area contributed by atoms with Gasteiger partial charge in [0.2, 0.25) is 9.84 Å². The van der Waals surface area contributed by atoms with Crippen molar-refractivity contribution in [2.24, 2.45) is 7.05 Å². The van der Waals surface area contributed by atoms with Gasteiger partial charge in [0, 0.05) is 37.4 Å². The van der Waals surface area contributed by atoms with Crippen LogP contribution in [0, 0.1) is 0 Å². The number of benzene rings is 1. The molecule has 15 heteroatoms. The number of sulfone groups is 1. The van der Waals surface area contributed by atoms with Gasteiger partial charge in [-0.2, -0.15) is 24.1 Å². The number of carbonyl (C=O) groups is 1. The number of halogens is 2. The Morgan fingerprint density at radius 1 is 1.22 bits per heavy atom. The Kier molecular flexibility index (Phi) is 5.68. The Morgan fingerprint density at radius 3 is 2.81 bits per heavy atom. The molecule has 184 valence electrons. The van der Waals surface area contributed by atoms with E-state index in [4.69, 9.17) is 0 Å². The number of hydrogen-bond acceptors (Lipinski definition) is 8. The standard InChI is InChI=1S/C21H16F2N8O4S/c1-30-11-16(28-20(32)15-10-27-31-6-2-5-24-19(15)31)18(29-30)14-7-12(3-4-17(14)35-21(22)23)36(33,34)13-8-25-26-9-13/h2-11,21H,1H3,(H,25,26)(H,28,32). The van der Waals surface area contributed by atoms with Crippen LogP contribution < -0.4 is 10.1 Å². The first-order valence-electron chi connectivity index (χ1n) is 10.2. The fourth-order valence-corrected chi connectivity index (χ4v) is 4.73. The average molecular weight is 514 g/mol. The highest BCUT2D eigenvalue weighted by molar-refractivity contribution is 7.91. The molecule has 0 spiro atoms. The molecule has 0 unspecified atom stereocenters. The van der Waals surface area contributed by atoms with E-state index in [-0.39, 0.29) is 38.0 Å². The van der Waals surface area contributed by atoms with Crippen molar-refractivity contribution in [2.75, 3.05) is 5.32 Å². The van der Waals surface area contributed by atoms with Crippen LogP contribution in [-0.2, 0) is 16.9 Å². The van der Waals surface area contributed by atoms with E-state index in [1.807, 2.05) is 0 Å². The summed E-state index contributed by atoms with van der Waals surface area (Å²) in [5.74, 6) is -0.917. The molecular weight excluding hydrogens is 498 g/mol. The Bertz CT molecular complexity index is 1680. The Balaban J connectivity index is 1.59. The number of hydrogen-bond donors (Lipinski definition) is 2. The Labute approximate surface area is 201 Å². The number of alkyl halides is 2. The molecule has 0 aliphatic heterocycles. The smallest absolute Gasteiger partial charge is 0.387 e. The zero-order valence-electron chi connectivity index (χ0n) is 18.3. The van der Waals surface area contributed by atoms with Crippen molar-refractivity contribution >= 4 is 27.1 Å². The van der Waals surface area contributed by atoms with Crippen LogP contribution in [0.4, 0.5) is 14.5 Å². The molecule has 5 rings (SSSR count). The van der Waals surface area contributed by atoms with Gasteiger partial charge in [-0.1, -0.05) is 0 Å². The summed E-state index contributed by atoms with van der Waals surface area (Å²) in [6, 6.07) is 5.03. The van der Waals surface area contributed by atoms with Crippen molar-refractivity contribution in [3.8, 4) is 17.0 Å². The summed E-state index contributed by atoms with van der Waals surface area (Å²) in [5.41, 5.74) is 0.514. The van der Waals surface area contributed by atoms with Crippen molar-refractivity contribution in [3.05, 3.63) is 67.0 Å². The molecule has 12 nitrogen and oxygen atoms in total. The van der Waals surface area contributed by atoms with Crippen LogP contribution in [-0.4, -0.2) is 55.5 Å². The fourth-order valence-electron chi connectivity index (χ4n) is 3.54. The van der Waals surface area contributed by atoms with Gasteiger partial charge < -0.3 is 10.1 Å². The molecule has 0 radical (unpaired) electrons. The van der Waals surface area contributed by atoms with Crippen LogP contribution in [0.2, 0.25) is 0 Å². The lowest BCUT2D eigenvalue weighted by Gasteiger charge is -2.13. The minimum atomic E-state index is -4.04. The Morgan fingerprint density at radius 2 is 2.06 bits per heavy atom. The molecule has 0 aliphatic rings. The predicted molar refractivity (Wildman–Crippen MR) is 120 cm³/mol. The van der Waals surface area contributed by atoms with Gasteiger partial charge in [-0.3, -0.25) is 14.6 Å². The number of nitrogens with one attached hydrogen (secondary N) is 2. The second kappa shape index (κ2) is 8.84. The highest BCUT2D eigenvalue weighted by atomic mass is 32.2. The minimum absolute atomic E-state index is 0.00942. The van der Waals surface area contributed by atoms with E-state index in [0.717, 1.165) is 24.4 Å². The fraction of sp³-hybridized carbons (Fsp3) is 0.0952. The number of amides is 1. The second-order valence-electron chi connectivity index (χ2n) is 7.44. The van der Waals surface area contributed by atoms with Crippen LogP contribution >= 0.6 is 0 Å². The Hall–Kier alpha value is -4.66. The summed E-state index contributed by atoms with van der Waals surface area (Å²) in [6.07, 6.45) is 8.20. The van der Waals surface area contributed by atoms with Crippen LogP contribution in [0.5, 0.6) is 5.75 Å². The van der Waals surface area contributed by atoms with Crippen LogP contribution in [0.1, 0.15) is 10.4 Å². The summed E-state index contributed by atoms with van der Waals surface area (Å²) in [6.45, 7) is -3.19. The molecule has 4 aromatic heterocycles. The van der Waals surface area contributed by atoms with Crippen molar-refractivity contribution in [3.63, 3.8) is 0 Å². The molecule has 36 heavy (non-hydrogen) atoms. The van der Waals surface area contributed by atoms with E-state index in [1.165, 1.54) is 34.0 Å². The third-order valence-corrected chi connectivity index (χ3v) is 6.84. The van der Waals surface area contributed by atoms with Gasteiger partial charge in [0.15, 0.2) is 5.65 Å². The van der Waals surface area contributed by atoms with Gasteiger partial charge in [0.1, 0.15) is 21.9 Å². The highest BCUT2D eigenvalue weighted by Crippen LogP contribution is 2.37. The molecule has 0 saturated carbocycles. The third-order valence-electron chi connectivity index (χ3n) is 5.12. The lowest BCUT2D eigenvalue weighted by molar-refractivity contribution is -0.0494. The molecule has 5 aromatic rings. The summed E-state index contributed by atoms with van der Waals surface area (Å²) >= 11 is 0. The van der Waals surface area contributed by atoms with Gasteiger partial charge in [-0.05, 0) is 24.3 Å². The van der Waals surface area contributed by atoms with Crippen molar-refractivity contribution in [1.29, 1.82) is 0 Å². The summed E-state index contributed by atoms with van der Waals surface area (Å²) in [7, 11) is -2.49. The van der Waals surface area contributed by atoms with Gasteiger partial charge in [0.25, 0.3) is 5.91 Å². The number of aromatic nitrogens is 7. The first-order chi connectivity index (χ1) is 17.2. The summed E-state index contributed by atoms with van der Waals surface area (Å²) in [4.78, 5) is 16.8. The number of anilines is 1. The molecule has 0 saturated heterocycles. The van der Waals surface area contributed by atoms with E-state index >= 15 is 0 Å². The maximum absolute atomic E-state index is 13.2. The first kappa shape index (κ1) is 23.1. The van der Waals surface area contributed by atoms with E-state index in [0.29, 0.717) is 5.65 Å². The van der Waals surface area contributed by atoms with Crippen LogP contribution in [0.3, 0.4) is 0 Å². The summed E-state index contributed by atoms with van der Waals surface area (Å²) in [5, 5.41) is 17.1. The molecule has 4 heterocycles. The molecule has 0 atom stereocenters. The van der Waals surface area contributed by atoms with E-state index in [9.17, 15) is 22.0 Å². The van der Waals surface area contributed by atoms with Crippen LogP contribution in [0.15, 0.2) is 71.2 Å². The molecular formula is C21H16F2N8O4S. The van der Waals surface area contributed by atoms with E-state index in [2.05, 4.69) is 35.4 Å². The maximum atomic E-state index is 13.2. The number of rotatable bonds is 7. The first-order valence-corrected chi connectivity index (χ1v) is 11.7. The SMILES string of the molecule is Cn1cc(NC(=O)c2cnn3cccnc23)c(-c2cc(S(=O)(=O)c3cn[nH]c3)ccc2OC(F)F)n1. The topological polar surface area (TPSA) is 149 Å². The van der Waals surface area contributed by atoms with Crippen molar-refractivity contribution < 1.29 is 26.7 Å². The second-order valence-corrected chi connectivity index (χ2v) is 9.39. The average Bonchev–Trinajstić information content (AvgIpc) is 3.59. The zero-order chi connectivity index (χ0) is 25.4. The molecule has 1 amide bonds. The van der Waals surface area contributed by atoms with Crippen molar-refractivity contribution in [1.82, 2.24) is 34.6 Å². The number of ether oxygens (including phenoxy) is 1. The van der Waals surface area contributed by atoms with Gasteiger partial charge in [-0.15, -0.1) is 0 Å². The van der Waals surface area contributed by atoms with E-state index in [1.54, 1.807) is 19.3 Å². The molecule has 0 bridgehead atoms. The molecule has 1 aromatic carbocycles. The van der Waals surface area contributed by atoms with Gasteiger partial charge >= 0.3 is 6.61 Å². The largest absolute Gasteiger partial charge is 0.434 e. The number of aromatic amines is 1. The molecule has 0 fully saturated rings. The van der Waals surface area contributed by atoms with Gasteiger partial charge in [0.05, 0.1) is 23.0 Å². The van der Waals surface area contributed by atoms with E-state index < -0.39 is 22.4 Å². The number of aryl methyl sites for hydroxylation is 1. The maximum Gasteiger partial charge on any atom is 0.387 e. The summed E-state index contributed by atoms with van der Waals surface area (Å²) < 4.78 is 59.7. The molecule has 2 N–H and O–H groups in total. The number of nitrogens with zero attached hydrogens (tertiary/aromatic N) is 6. The van der Waals surface area contributed by atoms with Gasteiger partial charge in [-0.25, -0.2) is 17.9 Å². The normalized spacial score (nSPS) is 11.8. The number of carbonyl (C=O) groups excluding carboxylic acids is 1. The van der Waals surface area contributed by atoms with Crippen molar-refractivity contribution in [2.45, 2.75) is 16.4 Å². The minimum Gasteiger partial charge on any atom is -0.434 e. The molecule has 0 aliphatic carbocycles. The third kappa shape index (κ3) is 4.15.